The number of amidine groups is 1. The molecule has 0 aliphatic rings. The molecule has 3 nitrogen and oxygen atoms in total. The molecule has 7 heteroatoms. The molecule has 0 bridgehead atoms. The minimum Gasteiger partial charge on any atom is -0.409 e. The predicted molar refractivity (Wildman–Crippen MR) is 49.0 cm³/mol. The summed E-state index contributed by atoms with van der Waals surface area (Å²) in [5, 5.41) is 10.8. The summed E-state index contributed by atoms with van der Waals surface area (Å²) in [6, 6.07) is 2.99. The van der Waals surface area contributed by atoms with Crippen LogP contribution in [-0.2, 0) is 6.18 Å². The summed E-state index contributed by atoms with van der Waals surface area (Å²) < 4.78 is 37.4. The summed E-state index contributed by atoms with van der Waals surface area (Å²) >= 11 is 5.43. The van der Waals surface area contributed by atoms with Crippen LogP contribution >= 0.6 is 11.6 Å². The maximum absolute atomic E-state index is 12.5. The molecule has 0 saturated heterocycles. The van der Waals surface area contributed by atoms with Gasteiger partial charge in [0.1, 0.15) is 0 Å². The Hall–Kier alpha value is -1.43. The van der Waals surface area contributed by atoms with Crippen molar-refractivity contribution in [1.29, 1.82) is 0 Å². The topological polar surface area (TPSA) is 58.6 Å². The van der Waals surface area contributed by atoms with Crippen LogP contribution in [0.4, 0.5) is 13.2 Å². The van der Waals surface area contributed by atoms with Crippen LogP contribution in [0.3, 0.4) is 0 Å². The van der Waals surface area contributed by atoms with Crippen LogP contribution in [0.15, 0.2) is 23.4 Å². The van der Waals surface area contributed by atoms with E-state index >= 15 is 0 Å². The highest BCUT2D eigenvalue weighted by atomic mass is 35.5. The minimum atomic E-state index is -4.60. The summed E-state index contributed by atoms with van der Waals surface area (Å²) in [6.45, 7) is 0. The number of nitrogens with two attached hydrogens (primary N) is 1. The molecular weight excluding hydrogens is 233 g/mol. The SMILES string of the molecule is N/C(=N/O)c1ccc(Cl)cc1C(F)(F)F. The van der Waals surface area contributed by atoms with E-state index in [-0.39, 0.29) is 5.02 Å². The predicted octanol–water partition coefficient (Wildman–Crippen LogP) is 2.45. The lowest BCUT2D eigenvalue weighted by molar-refractivity contribution is -0.137. The van der Waals surface area contributed by atoms with E-state index in [4.69, 9.17) is 22.5 Å². The first-order valence-corrected chi connectivity index (χ1v) is 4.08. The van der Waals surface area contributed by atoms with Gasteiger partial charge >= 0.3 is 6.18 Å². The van der Waals surface area contributed by atoms with Gasteiger partial charge in [-0.05, 0) is 18.2 Å². The van der Waals surface area contributed by atoms with Crippen LogP contribution in [0.2, 0.25) is 5.02 Å². The molecule has 82 valence electrons. The van der Waals surface area contributed by atoms with E-state index in [2.05, 4.69) is 5.16 Å². The lowest BCUT2D eigenvalue weighted by Crippen LogP contribution is -2.19. The van der Waals surface area contributed by atoms with Crippen molar-refractivity contribution < 1.29 is 18.4 Å². The smallest absolute Gasteiger partial charge is 0.409 e. The molecule has 3 N–H and O–H groups in total. The van der Waals surface area contributed by atoms with Gasteiger partial charge in [0.15, 0.2) is 5.84 Å². The number of benzene rings is 1. The molecule has 0 fully saturated rings. The second kappa shape index (κ2) is 3.98. The van der Waals surface area contributed by atoms with Crippen LogP contribution in [0.5, 0.6) is 0 Å². The van der Waals surface area contributed by atoms with Crippen LogP contribution in [0, 0.1) is 0 Å². The van der Waals surface area contributed by atoms with Crippen molar-refractivity contribution in [2.24, 2.45) is 10.9 Å². The van der Waals surface area contributed by atoms with E-state index in [0.29, 0.717) is 0 Å². The zero-order valence-electron chi connectivity index (χ0n) is 7.22. The second-order valence-corrected chi connectivity index (χ2v) is 3.11. The lowest BCUT2D eigenvalue weighted by Gasteiger charge is -2.11. The molecular formula is C8H6ClF3N2O. The number of hydrogen-bond acceptors (Lipinski definition) is 2. The Balaban J connectivity index is 3.40. The van der Waals surface area contributed by atoms with Gasteiger partial charge < -0.3 is 10.9 Å². The first kappa shape index (κ1) is 11.6. The van der Waals surface area contributed by atoms with Gasteiger partial charge in [-0.1, -0.05) is 16.8 Å². The highest BCUT2D eigenvalue weighted by Gasteiger charge is 2.34. The molecule has 0 aliphatic heterocycles. The van der Waals surface area contributed by atoms with Crippen molar-refractivity contribution in [3.63, 3.8) is 0 Å². The van der Waals surface area contributed by atoms with Gasteiger partial charge in [0.05, 0.1) is 5.56 Å². The van der Waals surface area contributed by atoms with Crippen molar-refractivity contribution in [3.8, 4) is 0 Å². The lowest BCUT2D eigenvalue weighted by atomic mass is 10.1. The van der Waals surface area contributed by atoms with Crippen molar-refractivity contribution >= 4 is 17.4 Å². The van der Waals surface area contributed by atoms with Crippen LogP contribution < -0.4 is 5.73 Å². The Morgan fingerprint density at radius 3 is 2.47 bits per heavy atom. The van der Waals surface area contributed by atoms with Gasteiger partial charge in [-0.3, -0.25) is 0 Å². The first-order chi connectivity index (χ1) is 6.86. The van der Waals surface area contributed by atoms with Crippen molar-refractivity contribution in [3.05, 3.63) is 34.3 Å². The third-order valence-electron chi connectivity index (χ3n) is 1.67. The molecule has 0 atom stereocenters. The molecule has 15 heavy (non-hydrogen) atoms. The van der Waals surface area contributed by atoms with E-state index in [9.17, 15) is 13.2 Å². The van der Waals surface area contributed by atoms with Crippen molar-refractivity contribution in [2.45, 2.75) is 6.18 Å². The molecule has 0 spiro atoms. The van der Waals surface area contributed by atoms with E-state index in [1.807, 2.05) is 0 Å². The molecule has 0 amide bonds. The maximum Gasteiger partial charge on any atom is 0.417 e. The summed E-state index contributed by atoms with van der Waals surface area (Å²) in [4.78, 5) is 0. The van der Waals surface area contributed by atoms with Crippen LogP contribution in [0.1, 0.15) is 11.1 Å². The van der Waals surface area contributed by atoms with Gasteiger partial charge in [-0.2, -0.15) is 13.2 Å². The monoisotopic (exact) mass is 238 g/mol. The van der Waals surface area contributed by atoms with Gasteiger partial charge in [0.2, 0.25) is 0 Å². The number of alkyl halides is 3. The molecule has 0 unspecified atom stereocenters. The number of nitrogens with zero attached hydrogens (tertiary/aromatic N) is 1. The average molecular weight is 239 g/mol. The summed E-state index contributed by atoms with van der Waals surface area (Å²) in [5.41, 5.74) is 3.65. The number of halogens is 4. The molecule has 1 rings (SSSR count). The van der Waals surface area contributed by atoms with Crippen molar-refractivity contribution in [2.75, 3.05) is 0 Å². The Morgan fingerprint density at radius 1 is 1.40 bits per heavy atom. The fourth-order valence-corrected chi connectivity index (χ4v) is 1.20. The van der Waals surface area contributed by atoms with E-state index < -0.39 is 23.1 Å². The quantitative estimate of drug-likeness (QED) is 0.342. The van der Waals surface area contributed by atoms with Gasteiger partial charge in [-0.25, -0.2) is 0 Å². The van der Waals surface area contributed by atoms with E-state index in [1.165, 1.54) is 6.07 Å². The third-order valence-corrected chi connectivity index (χ3v) is 1.91. The second-order valence-electron chi connectivity index (χ2n) is 2.67. The molecule has 0 heterocycles. The van der Waals surface area contributed by atoms with Crippen LogP contribution in [0.25, 0.3) is 0 Å². The third kappa shape index (κ3) is 2.53. The minimum absolute atomic E-state index is 0.0724. The number of oxime groups is 1. The normalized spacial score (nSPS) is 12.9. The zero-order valence-corrected chi connectivity index (χ0v) is 7.97. The number of rotatable bonds is 1. The Kier molecular flexibility index (Phi) is 3.09. The maximum atomic E-state index is 12.5. The number of hydrogen-bond donors (Lipinski definition) is 2. The van der Waals surface area contributed by atoms with Gasteiger partial charge in [0.25, 0.3) is 0 Å². The fourth-order valence-electron chi connectivity index (χ4n) is 1.03. The largest absolute Gasteiger partial charge is 0.417 e. The molecule has 0 radical (unpaired) electrons. The van der Waals surface area contributed by atoms with E-state index in [0.717, 1.165) is 12.1 Å². The van der Waals surface area contributed by atoms with Crippen molar-refractivity contribution in [1.82, 2.24) is 0 Å². The molecule has 1 aromatic carbocycles. The Morgan fingerprint density at radius 2 is 2.00 bits per heavy atom. The standard InChI is InChI=1S/C8H6ClF3N2O/c9-4-1-2-5(7(13)14-15)6(3-4)8(10,11)12/h1-3,15H,(H2,13,14). The van der Waals surface area contributed by atoms with Gasteiger partial charge in [-0.15, -0.1) is 0 Å². The highest BCUT2D eigenvalue weighted by Crippen LogP contribution is 2.33. The molecule has 0 saturated carbocycles. The van der Waals surface area contributed by atoms with E-state index in [1.54, 1.807) is 0 Å². The Labute approximate surface area is 87.9 Å². The summed E-state index contributed by atoms with van der Waals surface area (Å²) in [6.07, 6.45) is -4.60. The molecule has 1 aromatic rings. The average Bonchev–Trinajstić information content (AvgIpc) is 2.15. The summed E-state index contributed by atoms with van der Waals surface area (Å²) in [5.74, 6) is -0.612. The fraction of sp³-hybridized carbons (Fsp3) is 0.125. The molecule has 0 aliphatic carbocycles. The first-order valence-electron chi connectivity index (χ1n) is 3.71. The zero-order chi connectivity index (χ0) is 11.6. The summed E-state index contributed by atoms with van der Waals surface area (Å²) in [7, 11) is 0. The highest BCUT2D eigenvalue weighted by molar-refractivity contribution is 6.30. The Bertz CT molecular complexity index is 403. The molecule has 0 aromatic heterocycles. The van der Waals surface area contributed by atoms with Gasteiger partial charge in [0, 0.05) is 10.6 Å². The van der Waals surface area contributed by atoms with Crippen LogP contribution in [-0.4, -0.2) is 11.0 Å².